The number of aryl methyl sites for hydroxylation is 1. The van der Waals surface area contributed by atoms with E-state index >= 15 is 0 Å². The molecule has 0 aliphatic carbocycles. The third-order valence-corrected chi connectivity index (χ3v) is 8.01. The number of amides is 3. The summed E-state index contributed by atoms with van der Waals surface area (Å²) < 4.78 is 5.47. The topological polar surface area (TPSA) is 78.9 Å². The van der Waals surface area contributed by atoms with Crippen molar-refractivity contribution in [3.05, 3.63) is 52.5 Å². The Bertz CT molecular complexity index is 1210. The molecule has 1 N–H and O–H groups in total. The van der Waals surface area contributed by atoms with Gasteiger partial charge in [-0.3, -0.25) is 19.3 Å². The van der Waals surface area contributed by atoms with Crippen LogP contribution in [0.4, 0.5) is 11.4 Å². The monoisotopic (exact) mass is 451 g/mol. The minimum Gasteiger partial charge on any atom is -0.495 e. The Morgan fingerprint density at radius 1 is 1.16 bits per heavy atom. The SMILES string of the molecule is COc1cc(Cl)c(C)cc1N1C(=O)[C@H]2[C@@H](C1=O)[C@@]1(C(=O)Nc3ccccc31)N1CCC[C@@H]21. The maximum atomic E-state index is 14.0. The molecule has 0 bridgehead atoms. The van der Waals surface area contributed by atoms with Crippen LogP contribution in [0.15, 0.2) is 36.4 Å². The number of nitrogens with one attached hydrogen (secondary N) is 1. The second kappa shape index (κ2) is 6.56. The van der Waals surface area contributed by atoms with E-state index in [9.17, 15) is 14.4 Å². The smallest absolute Gasteiger partial charge is 0.250 e. The van der Waals surface area contributed by atoms with Gasteiger partial charge in [-0.15, -0.1) is 0 Å². The van der Waals surface area contributed by atoms with Crippen LogP contribution in [-0.2, 0) is 19.9 Å². The van der Waals surface area contributed by atoms with E-state index in [-0.39, 0.29) is 23.8 Å². The number of anilines is 2. The lowest BCUT2D eigenvalue weighted by molar-refractivity contribution is -0.135. The number of para-hydroxylation sites is 1. The average Bonchev–Trinajstić information content (AvgIpc) is 3.48. The molecule has 0 aromatic heterocycles. The van der Waals surface area contributed by atoms with E-state index < -0.39 is 17.4 Å². The number of hydrogen-bond acceptors (Lipinski definition) is 5. The number of carbonyl (C=O) groups excluding carboxylic acids is 3. The molecule has 2 aromatic rings. The van der Waals surface area contributed by atoms with Crippen molar-refractivity contribution in [2.45, 2.75) is 31.3 Å². The van der Waals surface area contributed by atoms with Crippen LogP contribution in [0.1, 0.15) is 24.0 Å². The molecule has 4 aliphatic rings. The van der Waals surface area contributed by atoms with E-state index in [0.29, 0.717) is 28.7 Å². The molecule has 32 heavy (non-hydrogen) atoms. The van der Waals surface area contributed by atoms with E-state index in [1.807, 2.05) is 31.2 Å². The number of carbonyl (C=O) groups is 3. The Morgan fingerprint density at radius 3 is 2.72 bits per heavy atom. The Labute approximate surface area is 190 Å². The number of fused-ring (bicyclic) bond motifs is 7. The Balaban J connectivity index is 1.56. The number of methoxy groups -OCH3 is 1. The third-order valence-electron chi connectivity index (χ3n) is 7.60. The van der Waals surface area contributed by atoms with Crippen molar-refractivity contribution in [3.8, 4) is 5.75 Å². The highest BCUT2D eigenvalue weighted by Crippen LogP contribution is 2.61. The minimum atomic E-state index is -1.17. The second-order valence-corrected chi connectivity index (χ2v) is 9.36. The lowest BCUT2D eigenvalue weighted by Gasteiger charge is -2.36. The van der Waals surface area contributed by atoms with Gasteiger partial charge in [-0.05, 0) is 44.0 Å². The first-order valence-electron chi connectivity index (χ1n) is 10.8. The van der Waals surface area contributed by atoms with Gasteiger partial charge in [0.2, 0.25) is 17.7 Å². The summed E-state index contributed by atoms with van der Waals surface area (Å²) in [6.07, 6.45) is 1.66. The van der Waals surface area contributed by atoms with Gasteiger partial charge in [0, 0.05) is 28.4 Å². The number of rotatable bonds is 2. The average molecular weight is 452 g/mol. The van der Waals surface area contributed by atoms with Gasteiger partial charge in [-0.2, -0.15) is 0 Å². The molecule has 4 heterocycles. The summed E-state index contributed by atoms with van der Waals surface area (Å²) in [4.78, 5) is 44.8. The summed E-state index contributed by atoms with van der Waals surface area (Å²) in [6, 6.07) is 10.7. The highest BCUT2D eigenvalue weighted by atomic mass is 35.5. The van der Waals surface area contributed by atoms with Crippen molar-refractivity contribution in [3.63, 3.8) is 0 Å². The van der Waals surface area contributed by atoms with E-state index in [1.165, 1.54) is 12.0 Å². The third kappa shape index (κ3) is 2.18. The zero-order valence-corrected chi connectivity index (χ0v) is 18.5. The van der Waals surface area contributed by atoms with Crippen LogP contribution < -0.4 is 15.0 Å². The Kier molecular flexibility index (Phi) is 4.05. The van der Waals surface area contributed by atoms with Gasteiger partial charge in [-0.25, -0.2) is 4.90 Å². The van der Waals surface area contributed by atoms with Crippen LogP contribution in [0.2, 0.25) is 5.02 Å². The maximum absolute atomic E-state index is 14.0. The lowest BCUT2D eigenvalue weighted by Crippen LogP contribution is -2.54. The van der Waals surface area contributed by atoms with Crippen LogP contribution in [0.5, 0.6) is 5.75 Å². The highest BCUT2D eigenvalue weighted by Gasteiger charge is 2.74. The minimum absolute atomic E-state index is 0.155. The number of ether oxygens (including phenoxy) is 1. The molecule has 0 radical (unpaired) electrons. The fraction of sp³-hybridized carbons (Fsp3) is 0.375. The normalized spacial score (nSPS) is 30.7. The van der Waals surface area contributed by atoms with Gasteiger partial charge in [0.05, 0.1) is 24.6 Å². The van der Waals surface area contributed by atoms with Gasteiger partial charge < -0.3 is 10.1 Å². The molecule has 164 valence electrons. The van der Waals surface area contributed by atoms with Crippen LogP contribution in [0.3, 0.4) is 0 Å². The van der Waals surface area contributed by atoms with Crippen molar-refractivity contribution in [2.24, 2.45) is 11.8 Å². The number of nitrogens with zero attached hydrogens (tertiary/aromatic N) is 2. The first-order chi connectivity index (χ1) is 15.4. The standard InChI is InChI=1S/C24H22ClN3O4/c1-12-10-17(18(32-2)11-14(12)25)28-21(29)19-16-8-5-9-27(16)24(20(19)22(28)30)13-6-3-4-7-15(13)26-23(24)31/h3-4,6-7,10-11,16,19-20H,5,8-9H2,1-2H3,(H,26,31)/t16-,19+,20-,24-/m0/s1. The van der Waals surface area contributed by atoms with Crippen LogP contribution >= 0.6 is 11.6 Å². The van der Waals surface area contributed by atoms with Gasteiger partial charge in [-0.1, -0.05) is 29.8 Å². The van der Waals surface area contributed by atoms with E-state index in [2.05, 4.69) is 10.2 Å². The van der Waals surface area contributed by atoms with Gasteiger partial charge in [0.1, 0.15) is 11.3 Å². The Hall–Kier alpha value is -2.90. The molecule has 0 saturated carbocycles. The molecule has 3 fully saturated rings. The van der Waals surface area contributed by atoms with E-state index in [0.717, 1.165) is 24.0 Å². The second-order valence-electron chi connectivity index (χ2n) is 8.96. The van der Waals surface area contributed by atoms with Gasteiger partial charge in [0.15, 0.2) is 0 Å². The van der Waals surface area contributed by atoms with E-state index in [4.69, 9.17) is 16.3 Å². The highest BCUT2D eigenvalue weighted by molar-refractivity contribution is 6.32. The molecule has 0 unspecified atom stereocenters. The largest absolute Gasteiger partial charge is 0.495 e. The van der Waals surface area contributed by atoms with Crippen molar-refractivity contribution >= 4 is 40.7 Å². The summed E-state index contributed by atoms with van der Waals surface area (Å²) in [6.45, 7) is 2.50. The number of halogens is 1. The fourth-order valence-electron chi connectivity index (χ4n) is 6.38. The summed E-state index contributed by atoms with van der Waals surface area (Å²) >= 11 is 6.26. The molecule has 3 amide bonds. The molecule has 8 heteroatoms. The predicted molar refractivity (Wildman–Crippen MR) is 119 cm³/mol. The zero-order chi connectivity index (χ0) is 22.4. The first-order valence-corrected chi connectivity index (χ1v) is 11.2. The number of benzene rings is 2. The Morgan fingerprint density at radius 2 is 1.94 bits per heavy atom. The van der Waals surface area contributed by atoms with Crippen molar-refractivity contribution in [2.75, 3.05) is 23.9 Å². The summed E-state index contributed by atoms with van der Waals surface area (Å²) in [5.74, 6) is -1.87. The van der Waals surface area contributed by atoms with Crippen LogP contribution in [-0.4, -0.2) is 42.3 Å². The zero-order valence-electron chi connectivity index (χ0n) is 17.7. The summed E-state index contributed by atoms with van der Waals surface area (Å²) in [7, 11) is 1.48. The quantitative estimate of drug-likeness (QED) is 0.710. The van der Waals surface area contributed by atoms with Crippen LogP contribution in [0, 0.1) is 18.8 Å². The molecule has 6 rings (SSSR count). The van der Waals surface area contributed by atoms with E-state index in [1.54, 1.807) is 12.1 Å². The lowest BCUT2D eigenvalue weighted by atomic mass is 9.75. The number of hydrogen-bond donors (Lipinski definition) is 1. The molecule has 3 saturated heterocycles. The maximum Gasteiger partial charge on any atom is 0.250 e. The summed E-state index contributed by atoms with van der Waals surface area (Å²) in [5, 5.41) is 3.47. The van der Waals surface area contributed by atoms with Crippen LogP contribution in [0.25, 0.3) is 0 Å². The van der Waals surface area contributed by atoms with Crippen molar-refractivity contribution < 1.29 is 19.1 Å². The predicted octanol–water partition coefficient (Wildman–Crippen LogP) is 3.09. The molecule has 7 nitrogen and oxygen atoms in total. The molecule has 2 aromatic carbocycles. The number of imide groups is 1. The molecular weight excluding hydrogens is 430 g/mol. The molecule has 4 aliphatic heterocycles. The van der Waals surface area contributed by atoms with Crippen molar-refractivity contribution in [1.82, 2.24) is 4.90 Å². The summed E-state index contributed by atoms with van der Waals surface area (Å²) in [5.41, 5.74) is 1.44. The molecule has 1 spiro atoms. The van der Waals surface area contributed by atoms with Gasteiger partial charge >= 0.3 is 0 Å². The van der Waals surface area contributed by atoms with Gasteiger partial charge in [0.25, 0.3) is 0 Å². The molecular formula is C24H22ClN3O4. The van der Waals surface area contributed by atoms with Crippen molar-refractivity contribution in [1.29, 1.82) is 0 Å². The molecule has 4 atom stereocenters. The fourth-order valence-corrected chi connectivity index (χ4v) is 6.54. The first kappa shape index (κ1) is 19.8.